The van der Waals surface area contributed by atoms with Gasteiger partial charge in [0.15, 0.2) is 0 Å². The Morgan fingerprint density at radius 2 is 2.14 bits per heavy atom. The lowest BCUT2D eigenvalue weighted by molar-refractivity contribution is 0.257. The molecule has 1 nitrogen and oxygen atoms in total. The molecule has 2 aliphatic rings. The fourth-order valence-corrected chi connectivity index (χ4v) is 4.05. The molecule has 2 fully saturated rings. The molecule has 0 radical (unpaired) electrons. The van der Waals surface area contributed by atoms with Gasteiger partial charge in [0.1, 0.15) is 0 Å². The summed E-state index contributed by atoms with van der Waals surface area (Å²) >= 11 is 2.20. The van der Waals surface area contributed by atoms with Crippen LogP contribution in [0, 0.1) is 5.92 Å². The third-order valence-corrected chi connectivity index (χ3v) is 5.21. The molecule has 14 heavy (non-hydrogen) atoms. The Kier molecular flexibility index (Phi) is 4.18. The zero-order valence-corrected chi connectivity index (χ0v) is 10.1. The van der Waals surface area contributed by atoms with Crippen LogP contribution in [-0.2, 0) is 0 Å². The lowest BCUT2D eigenvalue weighted by Gasteiger charge is -2.32. The van der Waals surface area contributed by atoms with E-state index in [1.165, 1.54) is 44.3 Å². The van der Waals surface area contributed by atoms with Gasteiger partial charge in [-0.2, -0.15) is 11.8 Å². The molecule has 2 heteroatoms. The first-order chi connectivity index (χ1) is 6.90. The second kappa shape index (κ2) is 5.41. The molecule has 0 aromatic rings. The normalized spacial score (nSPS) is 30.2. The third-order valence-electron chi connectivity index (χ3n) is 3.69. The number of rotatable bonds is 5. The number of nitrogens with one attached hydrogen (secondary N) is 1. The molecule has 1 aliphatic carbocycles. The lowest BCUT2D eigenvalue weighted by Crippen LogP contribution is -2.39. The molecule has 0 bridgehead atoms. The molecule has 82 valence electrons. The average Bonchev–Trinajstić information content (AvgIpc) is 2.61. The van der Waals surface area contributed by atoms with Crippen LogP contribution in [0.25, 0.3) is 0 Å². The summed E-state index contributed by atoms with van der Waals surface area (Å²) in [5.41, 5.74) is 0. The molecule has 1 saturated carbocycles. The molecule has 2 rings (SSSR count). The van der Waals surface area contributed by atoms with Gasteiger partial charge in [0.05, 0.1) is 0 Å². The maximum absolute atomic E-state index is 3.70. The van der Waals surface area contributed by atoms with Gasteiger partial charge >= 0.3 is 0 Å². The van der Waals surface area contributed by atoms with E-state index in [0.717, 1.165) is 23.8 Å². The van der Waals surface area contributed by atoms with Gasteiger partial charge in [0.25, 0.3) is 0 Å². The number of hydrogen-bond donors (Lipinski definition) is 1. The van der Waals surface area contributed by atoms with Gasteiger partial charge in [-0.15, -0.1) is 0 Å². The molecule has 0 aromatic heterocycles. The van der Waals surface area contributed by atoms with Crippen molar-refractivity contribution < 1.29 is 0 Å². The van der Waals surface area contributed by atoms with Crippen LogP contribution < -0.4 is 5.32 Å². The van der Waals surface area contributed by atoms with Crippen LogP contribution in [0.5, 0.6) is 0 Å². The van der Waals surface area contributed by atoms with Gasteiger partial charge in [-0.25, -0.2) is 0 Å². The van der Waals surface area contributed by atoms with Gasteiger partial charge < -0.3 is 5.32 Å². The van der Waals surface area contributed by atoms with Crippen LogP contribution in [0.1, 0.15) is 45.4 Å². The van der Waals surface area contributed by atoms with E-state index in [1.807, 2.05) is 0 Å². The Hall–Kier alpha value is 0.310. The summed E-state index contributed by atoms with van der Waals surface area (Å²) in [7, 11) is 0. The Labute approximate surface area is 92.4 Å². The minimum Gasteiger partial charge on any atom is -0.313 e. The van der Waals surface area contributed by atoms with E-state index in [2.05, 4.69) is 24.0 Å². The van der Waals surface area contributed by atoms with Gasteiger partial charge in [-0.3, -0.25) is 0 Å². The Morgan fingerprint density at radius 3 is 2.64 bits per heavy atom. The van der Waals surface area contributed by atoms with Crippen LogP contribution in [0.4, 0.5) is 0 Å². The van der Waals surface area contributed by atoms with Gasteiger partial charge in [0, 0.05) is 11.3 Å². The van der Waals surface area contributed by atoms with E-state index in [4.69, 9.17) is 0 Å². The van der Waals surface area contributed by atoms with Crippen LogP contribution in [0.2, 0.25) is 0 Å². The van der Waals surface area contributed by atoms with Crippen molar-refractivity contribution in [1.82, 2.24) is 5.32 Å². The molecule has 2 atom stereocenters. The van der Waals surface area contributed by atoms with E-state index in [-0.39, 0.29) is 0 Å². The van der Waals surface area contributed by atoms with E-state index >= 15 is 0 Å². The zero-order chi connectivity index (χ0) is 9.80. The van der Waals surface area contributed by atoms with Crippen molar-refractivity contribution in [3.05, 3.63) is 0 Å². The summed E-state index contributed by atoms with van der Waals surface area (Å²) in [5, 5.41) is 4.63. The van der Waals surface area contributed by atoms with Gasteiger partial charge in [0.2, 0.25) is 0 Å². The summed E-state index contributed by atoms with van der Waals surface area (Å²) in [6.07, 6.45) is 8.84. The van der Waals surface area contributed by atoms with Crippen molar-refractivity contribution >= 4 is 11.8 Å². The van der Waals surface area contributed by atoms with Crippen molar-refractivity contribution in [1.29, 1.82) is 0 Å². The first-order valence-electron chi connectivity index (χ1n) is 6.25. The highest BCUT2D eigenvalue weighted by molar-refractivity contribution is 8.00. The number of thioether (sulfide) groups is 1. The molecule has 1 aliphatic heterocycles. The molecule has 0 amide bonds. The fourth-order valence-electron chi connectivity index (χ4n) is 2.64. The van der Waals surface area contributed by atoms with Gasteiger partial charge in [-0.05, 0) is 37.5 Å². The fraction of sp³-hybridized carbons (Fsp3) is 1.00. The van der Waals surface area contributed by atoms with Gasteiger partial charge in [-0.1, -0.05) is 26.2 Å². The molecule has 2 unspecified atom stereocenters. The smallest absolute Gasteiger partial charge is 0.0201 e. The number of hydrogen-bond acceptors (Lipinski definition) is 2. The third kappa shape index (κ3) is 2.66. The second-order valence-electron chi connectivity index (χ2n) is 4.75. The maximum atomic E-state index is 3.70. The molecule has 1 N–H and O–H groups in total. The predicted molar refractivity (Wildman–Crippen MR) is 64.9 cm³/mol. The second-order valence-corrected chi connectivity index (χ2v) is 6.10. The Morgan fingerprint density at radius 1 is 1.29 bits per heavy atom. The molecule has 1 heterocycles. The van der Waals surface area contributed by atoms with Crippen molar-refractivity contribution in [3.63, 3.8) is 0 Å². The maximum Gasteiger partial charge on any atom is 0.0201 e. The van der Waals surface area contributed by atoms with Crippen LogP contribution in [0.3, 0.4) is 0 Å². The topological polar surface area (TPSA) is 12.0 Å². The van der Waals surface area contributed by atoms with Crippen molar-refractivity contribution in [2.24, 2.45) is 5.92 Å². The largest absolute Gasteiger partial charge is 0.313 e. The SMILES string of the molecule is CCNC(CC1CCC1)C1CCCS1. The first kappa shape index (κ1) is 10.8. The highest BCUT2D eigenvalue weighted by Crippen LogP contribution is 2.36. The van der Waals surface area contributed by atoms with Crippen LogP contribution in [-0.4, -0.2) is 23.6 Å². The van der Waals surface area contributed by atoms with E-state index in [1.54, 1.807) is 0 Å². The lowest BCUT2D eigenvalue weighted by atomic mass is 9.80. The molecule has 0 aromatic carbocycles. The van der Waals surface area contributed by atoms with Crippen molar-refractivity contribution in [2.75, 3.05) is 12.3 Å². The summed E-state index contributed by atoms with van der Waals surface area (Å²) in [6, 6.07) is 0.817. The van der Waals surface area contributed by atoms with Crippen LogP contribution >= 0.6 is 11.8 Å². The van der Waals surface area contributed by atoms with Crippen molar-refractivity contribution in [2.45, 2.75) is 56.7 Å². The minimum atomic E-state index is 0.817. The minimum absolute atomic E-state index is 0.817. The van der Waals surface area contributed by atoms with Crippen molar-refractivity contribution in [3.8, 4) is 0 Å². The highest BCUT2D eigenvalue weighted by Gasteiger charge is 2.29. The summed E-state index contributed by atoms with van der Waals surface area (Å²) in [6.45, 7) is 3.39. The standard InChI is InChI=1S/C12H23NS/c1-2-13-11(9-10-5-3-6-10)12-7-4-8-14-12/h10-13H,2-9H2,1H3. The van der Waals surface area contributed by atoms with E-state index < -0.39 is 0 Å². The summed E-state index contributed by atoms with van der Waals surface area (Å²) in [5.74, 6) is 2.46. The molecule has 0 spiro atoms. The predicted octanol–water partition coefficient (Wildman–Crippen LogP) is 3.05. The first-order valence-corrected chi connectivity index (χ1v) is 7.30. The molecular formula is C12H23NS. The van der Waals surface area contributed by atoms with E-state index in [9.17, 15) is 0 Å². The molecular weight excluding hydrogens is 190 g/mol. The quantitative estimate of drug-likeness (QED) is 0.753. The Bertz CT molecular complexity index is 162. The zero-order valence-electron chi connectivity index (χ0n) is 9.30. The molecule has 1 saturated heterocycles. The average molecular weight is 213 g/mol. The summed E-state index contributed by atoms with van der Waals surface area (Å²) in [4.78, 5) is 0. The highest BCUT2D eigenvalue weighted by atomic mass is 32.2. The van der Waals surface area contributed by atoms with E-state index in [0.29, 0.717) is 0 Å². The summed E-state index contributed by atoms with van der Waals surface area (Å²) < 4.78 is 0. The monoisotopic (exact) mass is 213 g/mol. The Balaban J connectivity index is 1.78. The van der Waals surface area contributed by atoms with Crippen LogP contribution in [0.15, 0.2) is 0 Å².